The Hall–Kier alpha value is -3.26. The highest BCUT2D eigenvalue weighted by atomic mass is 79.9. The molecule has 0 saturated heterocycles. The van der Waals surface area contributed by atoms with Gasteiger partial charge in [0.15, 0.2) is 0 Å². The molecule has 0 bridgehead atoms. The van der Waals surface area contributed by atoms with Gasteiger partial charge < -0.3 is 9.15 Å². The predicted molar refractivity (Wildman–Crippen MR) is 122 cm³/mol. The Labute approximate surface area is 193 Å². The van der Waals surface area contributed by atoms with Crippen LogP contribution >= 0.6 is 15.9 Å². The zero-order chi connectivity index (χ0) is 22.3. The molecule has 0 aliphatic carbocycles. The second-order valence-corrected chi connectivity index (χ2v) is 8.22. The van der Waals surface area contributed by atoms with E-state index in [0.717, 1.165) is 31.6 Å². The highest BCUT2D eigenvalue weighted by molar-refractivity contribution is 9.10. The maximum Gasteiger partial charge on any atom is 0.226 e. The van der Waals surface area contributed by atoms with Crippen LogP contribution in [0.4, 0.5) is 4.39 Å². The smallest absolute Gasteiger partial charge is 0.226 e. The van der Waals surface area contributed by atoms with Gasteiger partial charge in [0, 0.05) is 28.4 Å². The summed E-state index contributed by atoms with van der Waals surface area (Å²) in [6.07, 6.45) is 8.18. The fraction of sp³-hybridized carbons (Fsp3) is 0.208. The number of hydrogen-bond donors (Lipinski definition) is 0. The summed E-state index contributed by atoms with van der Waals surface area (Å²) in [5, 5.41) is 7.77. The molecule has 2 heterocycles. The summed E-state index contributed by atoms with van der Waals surface area (Å²) in [7, 11) is 0. The first kappa shape index (κ1) is 22.0. The topological polar surface area (TPSA) is 66.0 Å². The molecule has 0 aliphatic rings. The molecule has 4 rings (SSSR count). The van der Waals surface area contributed by atoms with Crippen molar-refractivity contribution in [3.63, 3.8) is 0 Å². The summed E-state index contributed by atoms with van der Waals surface area (Å²) in [6, 6.07) is 12.8. The summed E-state index contributed by atoms with van der Waals surface area (Å²) in [4.78, 5) is 4.37. The van der Waals surface area contributed by atoms with Crippen molar-refractivity contribution in [1.29, 1.82) is 0 Å². The lowest BCUT2D eigenvalue weighted by molar-refractivity contribution is 0.301. The first-order chi connectivity index (χ1) is 15.6. The number of ether oxygens (including phenoxy) is 1. The Morgan fingerprint density at radius 3 is 2.75 bits per heavy atom. The summed E-state index contributed by atoms with van der Waals surface area (Å²) >= 11 is 3.25. The van der Waals surface area contributed by atoms with E-state index in [0.29, 0.717) is 21.3 Å². The summed E-state index contributed by atoms with van der Waals surface area (Å²) in [5.74, 6) is 0.628. The van der Waals surface area contributed by atoms with Gasteiger partial charge in [0.05, 0.1) is 6.20 Å². The molecule has 32 heavy (non-hydrogen) atoms. The van der Waals surface area contributed by atoms with Gasteiger partial charge in [-0.1, -0.05) is 45.9 Å². The van der Waals surface area contributed by atoms with Crippen molar-refractivity contribution in [2.75, 3.05) is 0 Å². The first-order valence-corrected chi connectivity index (χ1v) is 11.0. The lowest BCUT2D eigenvalue weighted by atomic mass is 10.1. The Morgan fingerprint density at radius 2 is 2.00 bits per heavy atom. The maximum absolute atomic E-state index is 14.2. The van der Waals surface area contributed by atoms with Crippen LogP contribution in [0.3, 0.4) is 0 Å². The van der Waals surface area contributed by atoms with Crippen molar-refractivity contribution in [1.82, 2.24) is 20.0 Å². The summed E-state index contributed by atoms with van der Waals surface area (Å²) in [5.41, 5.74) is 2.59. The van der Waals surface area contributed by atoms with Gasteiger partial charge in [-0.15, -0.1) is 5.10 Å². The van der Waals surface area contributed by atoms with E-state index >= 15 is 0 Å². The average molecular weight is 497 g/mol. The van der Waals surface area contributed by atoms with Crippen LogP contribution in [0.2, 0.25) is 0 Å². The van der Waals surface area contributed by atoms with Crippen LogP contribution in [0.5, 0.6) is 5.75 Å². The number of nitrogens with zero attached hydrogens (tertiary/aromatic N) is 4. The SMILES string of the molecule is C=C(c1nc(COc2ccc(CCCCn3ccnn3)cc2)co1)c1ccc(Br)cc1F. The van der Waals surface area contributed by atoms with Crippen molar-refractivity contribution >= 4 is 21.5 Å². The number of hydrogen-bond acceptors (Lipinski definition) is 5. The van der Waals surface area contributed by atoms with Gasteiger partial charge in [0.2, 0.25) is 5.89 Å². The van der Waals surface area contributed by atoms with Gasteiger partial charge in [-0.3, -0.25) is 4.68 Å². The van der Waals surface area contributed by atoms with Crippen molar-refractivity contribution in [3.8, 4) is 5.75 Å². The van der Waals surface area contributed by atoms with E-state index in [1.54, 1.807) is 18.3 Å². The van der Waals surface area contributed by atoms with Crippen molar-refractivity contribution < 1.29 is 13.5 Å². The molecular formula is C24H22BrFN4O2. The fourth-order valence-corrected chi connectivity index (χ4v) is 3.56. The third-order valence-electron chi connectivity index (χ3n) is 4.95. The largest absolute Gasteiger partial charge is 0.487 e. The molecule has 8 heteroatoms. The highest BCUT2D eigenvalue weighted by Gasteiger charge is 2.14. The van der Waals surface area contributed by atoms with Crippen LogP contribution < -0.4 is 4.74 Å². The molecule has 6 nitrogen and oxygen atoms in total. The molecule has 0 radical (unpaired) electrons. The quantitative estimate of drug-likeness (QED) is 0.258. The zero-order valence-electron chi connectivity index (χ0n) is 17.4. The van der Waals surface area contributed by atoms with Gasteiger partial charge >= 0.3 is 0 Å². The monoisotopic (exact) mass is 496 g/mol. The van der Waals surface area contributed by atoms with E-state index in [1.165, 1.54) is 17.9 Å². The number of aryl methyl sites for hydroxylation is 2. The van der Waals surface area contributed by atoms with E-state index < -0.39 is 0 Å². The van der Waals surface area contributed by atoms with Gasteiger partial charge in [-0.25, -0.2) is 9.37 Å². The number of unbranched alkanes of at least 4 members (excludes halogenated alkanes) is 1. The van der Waals surface area contributed by atoms with Gasteiger partial charge in [0.1, 0.15) is 30.1 Å². The fourth-order valence-electron chi connectivity index (χ4n) is 3.23. The molecule has 0 fully saturated rings. The molecule has 0 amide bonds. The predicted octanol–water partition coefficient (Wildman–Crippen LogP) is 5.83. The van der Waals surface area contributed by atoms with E-state index in [2.05, 4.69) is 49.9 Å². The number of benzene rings is 2. The maximum atomic E-state index is 14.2. The molecule has 0 saturated carbocycles. The number of rotatable bonds is 10. The summed E-state index contributed by atoms with van der Waals surface area (Å²) in [6.45, 7) is 5.04. The molecule has 4 aromatic rings. The minimum absolute atomic E-state index is 0.247. The van der Waals surface area contributed by atoms with Crippen LogP contribution in [-0.4, -0.2) is 20.0 Å². The third-order valence-corrected chi connectivity index (χ3v) is 5.44. The number of aromatic nitrogens is 4. The van der Waals surface area contributed by atoms with E-state index in [1.807, 2.05) is 23.0 Å². The lowest BCUT2D eigenvalue weighted by Gasteiger charge is -2.06. The van der Waals surface area contributed by atoms with Gasteiger partial charge in [-0.2, -0.15) is 0 Å². The average Bonchev–Trinajstić information content (AvgIpc) is 3.48. The Kier molecular flexibility index (Phi) is 7.11. The van der Waals surface area contributed by atoms with E-state index in [9.17, 15) is 4.39 Å². The van der Waals surface area contributed by atoms with E-state index in [-0.39, 0.29) is 18.3 Å². The molecule has 0 spiro atoms. The van der Waals surface area contributed by atoms with Crippen LogP contribution in [-0.2, 0) is 19.6 Å². The summed E-state index contributed by atoms with van der Waals surface area (Å²) < 4.78 is 28.0. The zero-order valence-corrected chi connectivity index (χ0v) is 19.0. The molecule has 164 valence electrons. The molecule has 0 unspecified atom stereocenters. The molecule has 0 atom stereocenters. The van der Waals surface area contributed by atoms with Crippen molar-refractivity contribution in [2.45, 2.75) is 32.4 Å². The number of oxazole rings is 1. The van der Waals surface area contributed by atoms with Crippen LogP contribution in [0.1, 0.15) is 35.6 Å². The Bertz CT molecular complexity index is 1170. The molecule has 2 aromatic carbocycles. The Morgan fingerprint density at radius 1 is 1.16 bits per heavy atom. The highest BCUT2D eigenvalue weighted by Crippen LogP contribution is 2.26. The molecule has 0 N–H and O–H groups in total. The second kappa shape index (κ2) is 10.4. The van der Waals surface area contributed by atoms with Crippen LogP contribution in [0.15, 0.2) is 76.6 Å². The normalized spacial score (nSPS) is 10.9. The van der Waals surface area contributed by atoms with E-state index in [4.69, 9.17) is 9.15 Å². The third kappa shape index (κ3) is 5.70. The molecule has 2 aromatic heterocycles. The Balaban J connectivity index is 1.26. The van der Waals surface area contributed by atoms with Gasteiger partial charge in [0.25, 0.3) is 0 Å². The number of halogens is 2. The lowest BCUT2D eigenvalue weighted by Crippen LogP contribution is -1.99. The van der Waals surface area contributed by atoms with Crippen molar-refractivity contribution in [3.05, 3.63) is 101 Å². The molecule has 0 aliphatic heterocycles. The van der Waals surface area contributed by atoms with Gasteiger partial charge in [-0.05, 0) is 49.1 Å². The van der Waals surface area contributed by atoms with Crippen LogP contribution in [0.25, 0.3) is 5.57 Å². The molecular weight excluding hydrogens is 475 g/mol. The first-order valence-electron chi connectivity index (χ1n) is 10.2. The second-order valence-electron chi connectivity index (χ2n) is 7.30. The standard InChI is InChI=1S/C24H22BrFN4O2/c1-17(22-10-7-19(25)14-23(22)26)24-28-20(16-32-24)15-31-21-8-5-18(6-9-21)4-2-3-12-30-13-11-27-29-30/h5-11,13-14,16H,1-4,12,15H2. The minimum atomic E-state index is -0.390. The minimum Gasteiger partial charge on any atom is -0.487 e. The van der Waals surface area contributed by atoms with Crippen LogP contribution in [0, 0.1) is 5.82 Å². The van der Waals surface area contributed by atoms with Crippen molar-refractivity contribution in [2.24, 2.45) is 0 Å².